The molecule has 190 valence electrons. The number of carbonyl (C=O) groups excluding carboxylic acids is 1. The minimum absolute atomic E-state index is 0. The molecule has 0 aromatic heterocycles. The van der Waals surface area contributed by atoms with Gasteiger partial charge in [-0.05, 0) is 18.2 Å². The summed E-state index contributed by atoms with van der Waals surface area (Å²) >= 11 is 2.53. The minimum Gasteiger partial charge on any atom is -0.630 e. The molecule has 0 heterocycles. The van der Waals surface area contributed by atoms with Crippen LogP contribution >= 0.6 is 15.9 Å². The fourth-order valence-electron chi connectivity index (χ4n) is 2.78. The lowest BCUT2D eigenvalue weighted by molar-refractivity contribution is -0.499. The van der Waals surface area contributed by atoms with Crippen LogP contribution in [0.2, 0.25) is 0 Å². The van der Waals surface area contributed by atoms with E-state index in [0.29, 0.717) is 0 Å². The van der Waals surface area contributed by atoms with Gasteiger partial charge < -0.3 is 20.9 Å². The van der Waals surface area contributed by atoms with Crippen LogP contribution in [0.3, 0.4) is 0 Å². The van der Waals surface area contributed by atoms with Gasteiger partial charge in [0.15, 0.2) is 17.3 Å². The van der Waals surface area contributed by atoms with E-state index in [1.165, 1.54) is 0 Å². The van der Waals surface area contributed by atoms with Crippen molar-refractivity contribution in [3.05, 3.63) is 62.5 Å². The number of hydrogen-bond donors (Lipinski definition) is 1. The Balaban J connectivity index is 0.00000578. The van der Waals surface area contributed by atoms with E-state index < -0.39 is 75.3 Å². The zero-order valence-electron chi connectivity index (χ0n) is 16.1. The van der Waals surface area contributed by atoms with Crippen LogP contribution in [0.15, 0.2) is 34.8 Å². The van der Waals surface area contributed by atoms with E-state index in [9.17, 15) is 53.9 Å². The van der Waals surface area contributed by atoms with E-state index in [2.05, 4.69) is 20.7 Å². The number of benzene rings is 2. The number of Topliss-reactive ketones (excluding diaryl/α,β-unsaturated/α-hetero) is 1. The van der Waals surface area contributed by atoms with Crippen LogP contribution in [0.1, 0.15) is 21.5 Å². The fourth-order valence-corrected chi connectivity index (χ4v) is 3.37. The summed E-state index contributed by atoms with van der Waals surface area (Å²) in [6.07, 6.45) is -14.1. The van der Waals surface area contributed by atoms with E-state index in [1.807, 2.05) is 0 Å². The number of alkyl halides is 9. The molecule has 0 saturated carbocycles. The van der Waals surface area contributed by atoms with Crippen LogP contribution in [0.5, 0.6) is 5.75 Å². The van der Waals surface area contributed by atoms with Crippen LogP contribution < -0.4 is 10.2 Å². The molecule has 2 aromatic carbocycles. The maximum atomic E-state index is 14.4. The van der Waals surface area contributed by atoms with Crippen LogP contribution in [-0.4, -0.2) is 30.2 Å². The van der Waals surface area contributed by atoms with Crippen molar-refractivity contribution < 1.29 is 64.4 Å². The number of carbonyl (C=O) groups is 1. The van der Waals surface area contributed by atoms with E-state index >= 15 is 0 Å². The van der Waals surface area contributed by atoms with E-state index in [0.717, 1.165) is 18.2 Å². The van der Waals surface area contributed by atoms with Crippen molar-refractivity contribution in [3.8, 4) is 5.75 Å². The molecule has 4 N–H and O–H groups in total. The zero-order chi connectivity index (χ0) is 25.4. The zero-order valence-corrected chi connectivity index (χ0v) is 17.7. The molecule has 0 radical (unpaired) electrons. The highest BCUT2D eigenvalue weighted by molar-refractivity contribution is 9.10. The van der Waals surface area contributed by atoms with E-state index in [4.69, 9.17) is 0 Å². The Morgan fingerprint density at radius 2 is 1.62 bits per heavy atom. The second kappa shape index (κ2) is 10.5. The molecule has 0 spiro atoms. The Labute approximate surface area is 191 Å². The first-order valence-corrected chi connectivity index (χ1v) is 9.20. The van der Waals surface area contributed by atoms with Crippen molar-refractivity contribution in [3.63, 3.8) is 0 Å². The molecule has 0 atom stereocenters. The number of ketones is 1. The number of rotatable bonds is 7. The molecule has 2 aromatic rings. The first kappa shape index (κ1) is 29.6. The molecule has 0 amide bonds. The highest BCUT2D eigenvalue weighted by Gasteiger charge is 2.73. The molecule has 2 rings (SSSR count). The summed E-state index contributed by atoms with van der Waals surface area (Å²) in [6, 6.07) is 2.74. The largest absolute Gasteiger partial charge is 0.630 e. The van der Waals surface area contributed by atoms with Gasteiger partial charge >= 0.3 is 24.6 Å². The molecule has 0 fully saturated rings. The maximum Gasteiger partial charge on any atom is 0.435 e. The highest BCUT2D eigenvalue weighted by Crippen LogP contribution is 2.54. The van der Waals surface area contributed by atoms with Crippen molar-refractivity contribution in [2.24, 2.45) is 0 Å². The van der Waals surface area contributed by atoms with Gasteiger partial charge in [-0.25, -0.2) is 4.39 Å². The number of hydrogen-bond acceptors (Lipinski definition) is 3. The van der Waals surface area contributed by atoms with E-state index in [1.54, 1.807) is 0 Å². The third-order valence-electron chi connectivity index (χ3n) is 4.34. The summed E-state index contributed by atoms with van der Waals surface area (Å²) in [5.41, 5.74) is -10.0. The van der Waals surface area contributed by atoms with Gasteiger partial charge in [0.2, 0.25) is 0 Å². The van der Waals surface area contributed by atoms with Crippen molar-refractivity contribution >= 4 is 27.4 Å². The van der Waals surface area contributed by atoms with Gasteiger partial charge in [0, 0.05) is 28.1 Å². The maximum absolute atomic E-state index is 14.4. The summed E-state index contributed by atoms with van der Waals surface area (Å²) < 4.78 is 135. The average Bonchev–Trinajstić information content (AvgIpc) is 2.67. The quantitative estimate of drug-likeness (QED) is 0.223. The standard InChI is InChI=1S/C18H10BrF10NO3.H2O/c19-10-4-7(16(23,17(24,25)26)18(27,28)29)5-13(33-15(21)22)9(10)6-12(31)8-2-1-3-11(30-32)14(8)20;/h1-5,15H,6,30H2;1H2. The van der Waals surface area contributed by atoms with Crippen LogP contribution in [0, 0.1) is 11.0 Å². The minimum atomic E-state index is -6.54. The van der Waals surface area contributed by atoms with Gasteiger partial charge in [0.05, 0.1) is 5.56 Å². The predicted molar refractivity (Wildman–Crippen MR) is 98.7 cm³/mol. The van der Waals surface area contributed by atoms with Crippen LogP contribution in [0.25, 0.3) is 0 Å². The van der Waals surface area contributed by atoms with E-state index in [-0.39, 0.29) is 23.1 Å². The molecule has 5 nitrogen and oxygen atoms in total. The number of halogens is 11. The van der Waals surface area contributed by atoms with Crippen molar-refractivity contribution in [2.75, 3.05) is 0 Å². The summed E-state index contributed by atoms with van der Waals surface area (Å²) in [6.45, 7) is -3.79. The topological polar surface area (TPSA) is 97.5 Å². The monoisotopic (exact) mass is 575 g/mol. The first-order valence-electron chi connectivity index (χ1n) is 8.41. The third kappa shape index (κ3) is 5.61. The summed E-state index contributed by atoms with van der Waals surface area (Å²) in [5, 5.41) is 10.8. The number of nitrogens with two attached hydrogens (primary N) is 1. The number of quaternary nitrogens is 1. The molecule has 16 heteroatoms. The highest BCUT2D eigenvalue weighted by atomic mass is 79.9. The smallest absolute Gasteiger partial charge is 0.435 e. The second-order valence-corrected chi connectivity index (χ2v) is 7.25. The molecule has 0 unspecified atom stereocenters. The molecule has 0 aliphatic rings. The van der Waals surface area contributed by atoms with Gasteiger partial charge in [0.25, 0.3) is 0 Å². The third-order valence-corrected chi connectivity index (χ3v) is 5.05. The van der Waals surface area contributed by atoms with Gasteiger partial charge in [0.1, 0.15) is 5.75 Å². The Morgan fingerprint density at radius 1 is 1.06 bits per heavy atom. The van der Waals surface area contributed by atoms with Gasteiger partial charge in [-0.1, -0.05) is 22.0 Å². The summed E-state index contributed by atoms with van der Waals surface area (Å²) in [5.74, 6) is -3.87. The van der Waals surface area contributed by atoms with Crippen molar-refractivity contribution in [1.29, 1.82) is 0 Å². The normalized spacial score (nSPS) is 12.5. The van der Waals surface area contributed by atoms with Gasteiger partial charge in [-0.2, -0.15) is 39.5 Å². The number of ether oxygens (including phenoxy) is 1. The van der Waals surface area contributed by atoms with Crippen molar-refractivity contribution in [1.82, 2.24) is 0 Å². The first-order chi connectivity index (χ1) is 15.0. The lowest BCUT2D eigenvalue weighted by Crippen LogP contribution is -2.70. The Kier molecular flexibility index (Phi) is 9.10. The van der Waals surface area contributed by atoms with Gasteiger partial charge in [-0.15, -0.1) is 0 Å². The SMILES string of the molecule is O.O=C(Cc1c(Br)cc(C(F)(C(F)(F)F)C(F)(F)F)cc1OC(F)F)c1cccc([NH2+][O-])c1F. The average molecular weight is 576 g/mol. The lowest BCUT2D eigenvalue weighted by Gasteiger charge is -2.31. The van der Waals surface area contributed by atoms with Gasteiger partial charge in [-0.3, -0.25) is 4.79 Å². The molecule has 0 aliphatic heterocycles. The summed E-state index contributed by atoms with van der Waals surface area (Å²) in [4.78, 5) is 12.4. The fraction of sp³-hybridized carbons (Fsp3) is 0.278. The molecule has 0 bridgehead atoms. The Bertz CT molecular complexity index is 1030. The van der Waals surface area contributed by atoms with Crippen LogP contribution in [-0.2, 0) is 12.1 Å². The molecule has 34 heavy (non-hydrogen) atoms. The second-order valence-electron chi connectivity index (χ2n) is 6.39. The molecule has 0 aliphatic carbocycles. The van der Waals surface area contributed by atoms with Crippen molar-refractivity contribution in [2.45, 2.75) is 31.1 Å². The van der Waals surface area contributed by atoms with Crippen LogP contribution in [0.4, 0.5) is 49.6 Å². The predicted octanol–water partition coefficient (Wildman–Crippen LogP) is 4.77. The molecular formula is C18H12BrF10NO4. The Hall–Kier alpha value is -2.43. The molecular weight excluding hydrogens is 564 g/mol. The molecule has 0 saturated heterocycles. The summed E-state index contributed by atoms with van der Waals surface area (Å²) in [7, 11) is 0. The lowest BCUT2D eigenvalue weighted by atomic mass is 9.91. The Morgan fingerprint density at radius 3 is 2.09 bits per heavy atom.